The highest BCUT2D eigenvalue weighted by atomic mass is 16.3. The molecule has 4 nitrogen and oxygen atoms in total. The molecule has 29 heavy (non-hydrogen) atoms. The van der Waals surface area contributed by atoms with E-state index in [4.69, 9.17) is 4.42 Å². The van der Waals surface area contributed by atoms with Crippen LogP contribution in [0.2, 0.25) is 0 Å². The van der Waals surface area contributed by atoms with Crippen LogP contribution in [0.1, 0.15) is 61.4 Å². The summed E-state index contributed by atoms with van der Waals surface area (Å²) < 4.78 is 5.42. The second kappa shape index (κ2) is 9.27. The molecule has 1 aliphatic carbocycles. The van der Waals surface area contributed by atoms with E-state index in [1.165, 1.54) is 38.5 Å². The topological polar surface area (TPSA) is 54.3 Å². The van der Waals surface area contributed by atoms with Crippen molar-refractivity contribution in [3.63, 3.8) is 0 Å². The first-order chi connectivity index (χ1) is 14.2. The third-order valence-electron chi connectivity index (χ3n) is 6.04. The van der Waals surface area contributed by atoms with E-state index in [1.807, 2.05) is 36.4 Å². The molecule has 3 aromatic rings. The minimum Gasteiger partial charge on any atom is -0.464 e. The number of rotatable bonds is 7. The minimum absolute atomic E-state index is 0.119. The second-order valence-electron chi connectivity index (χ2n) is 8.31. The van der Waals surface area contributed by atoms with Crippen molar-refractivity contribution >= 4 is 22.6 Å². The zero-order valence-electron chi connectivity index (χ0n) is 17.1. The van der Waals surface area contributed by atoms with Crippen LogP contribution < -0.4 is 10.6 Å². The molecule has 4 rings (SSSR count). The van der Waals surface area contributed by atoms with Crippen molar-refractivity contribution in [2.45, 2.75) is 58.0 Å². The van der Waals surface area contributed by atoms with E-state index < -0.39 is 0 Å². The van der Waals surface area contributed by atoms with E-state index in [-0.39, 0.29) is 5.91 Å². The average Bonchev–Trinajstić information content (AvgIpc) is 3.22. The predicted molar refractivity (Wildman–Crippen MR) is 118 cm³/mol. The van der Waals surface area contributed by atoms with Crippen LogP contribution in [0.25, 0.3) is 11.0 Å². The number of carbonyl (C=O) groups is 1. The Balaban J connectivity index is 1.37. The molecule has 0 bridgehead atoms. The van der Waals surface area contributed by atoms with Crippen LogP contribution in [0, 0.1) is 5.92 Å². The molecular formula is C25H30N2O2. The maximum Gasteiger partial charge on any atom is 0.255 e. The van der Waals surface area contributed by atoms with Crippen molar-refractivity contribution < 1.29 is 9.21 Å². The lowest BCUT2D eigenvalue weighted by atomic mass is 9.85. The molecule has 0 radical (unpaired) electrons. The number of nitrogens with one attached hydrogen (secondary N) is 2. The van der Waals surface area contributed by atoms with Gasteiger partial charge in [-0.15, -0.1) is 0 Å². The van der Waals surface area contributed by atoms with Gasteiger partial charge in [-0.3, -0.25) is 4.79 Å². The van der Waals surface area contributed by atoms with Crippen LogP contribution >= 0.6 is 0 Å². The van der Waals surface area contributed by atoms with Gasteiger partial charge in [0.15, 0.2) is 0 Å². The third-order valence-corrected chi connectivity index (χ3v) is 6.04. The maximum absolute atomic E-state index is 12.8. The molecule has 0 spiro atoms. The van der Waals surface area contributed by atoms with E-state index in [0.717, 1.165) is 34.7 Å². The van der Waals surface area contributed by atoms with E-state index in [2.05, 4.69) is 23.6 Å². The third kappa shape index (κ3) is 5.07. The summed E-state index contributed by atoms with van der Waals surface area (Å²) in [7, 11) is 0. The first kappa shape index (κ1) is 19.7. The van der Waals surface area contributed by atoms with E-state index >= 15 is 0 Å². The van der Waals surface area contributed by atoms with Crippen LogP contribution in [0.15, 0.2) is 59.2 Å². The van der Waals surface area contributed by atoms with Gasteiger partial charge in [0.2, 0.25) is 0 Å². The molecule has 1 heterocycles. The largest absolute Gasteiger partial charge is 0.464 e. The van der Waals surface area contributed by atoms with Gasteiger partial charge in [-0.25, -0.2) is 0 Å². The van der Waals surface area contributed by atoms with Gasteiger partial charge in [0.05, 0.1) is 6.26 Å². The Hall–Kier alpha value is -2.59. The quantitative estimate of drug-likeness (QED) is 0.510. The predicted octanol–water partition coefficient (Wildman–Crippen LogP) is 6.13. The summed E-state index contributed by atoms with van der Waals surface area (Å²) in [5, 5.41) is 7.72. The summed E-state index contributed by atoms with van der Waals surface area (Å²) in [5.41, 5.74) is 3.29. The highest BCUT2D eigenvalue weighted by Gasteiger charge is 2.17. The van der Waals surface area contributed by atoms with Gasteiger partial charge in [-0.1, -0.05) is 56.4 Å². The number of para-hydroxylation sites is 1. The van der Waals surface area contributed by atoms with E-state index in [9.17, 15) is 4.79 Å². The minimum atomic E-state index is -0.119. The molecule has 0 saturated heterocycles. The van der Waals surface area contributed by atoms with Crippen molar-refractivity contribution in [1.29, 1.82) is 0 Å². The molecule has 1 fully saturated rings. The normalized spacial score (nSPS) is 16.0. The summed E-state index contributed by atoms with van der Waals surface area (Å²) >= 11 is 0. The molecule has 1 saturated carbocycles. The molecule has 2 aromatic carbocycles. The molecular weight excluding hydrogens is 360 g/mol. The molecule has 2 N–H and O–H groups in total. The number of anilines is 1. The fraction of sp³-hybridized carbons (Fsp3) is 0.400. The molecule has 0 aliphatic heterocycles. The van der Waals surface area contributed by atoms with Crippen molar-refractivity contribution in [3.8, 4) is 0 Å². The SMILES string of the molecule is C[C@@H](CC1CCCCC1)NCc1ccccc1NC(=O)c1ccc2ccoc2c1. The van der Waals surface area contributed by atoms with Crippen LogP contribution in [0.5, 0.6) is 0 Å². The summed E-state index contributed by atoms with van der Waals surface area (Å²) in [6.07, 6.45) is 9.79. The zero-order chi connectivity index (χ0) is 20.1. The Kier molecular flexibility index (Phi) is 6.30. The lowest BCUT2D eigenvalue weighted by Gasteiger charge is -2.25. The number of hydrogen-bond donors (Lipinski definition) is 2. The molecule has 1 aliphatic rings. The zero-order valence-corrected chi connectivity index (χ0v) is 17.1. The van der Waals surface area contributed by atoms with E-state index in [1.54, 1.807) is 12.3 Å². The van der Waals surface area contributed by atoms with Gasteiger partial charge >= 0.3 is 0 Å². The summed E-state index contributed by atoms with van der Waals surface area (Å²) in [4.78, 5) is 12.8. The number of carbonyl (C=O) groups excluding carboxylic acids is 1. The van der Waals surface area contributed by atoms with Crippen molar-refractivity contribution in [2.24, 2.45) is 5.92 Å². The molecule has 1 amide bonds. The van der Waals surface area contributed by atoms with Gasteiger partial charge in [0.1, 0.15) is 5.58 Å². The number of hydrogen-bond acceptors (Lipinski definition) is 3. The Morgan fingerprint density at radius 1 is 1.10 bits per heavy atom. The van der Waals surface area contributed by atoms with E-state index in [0.29, 0.717) is 11.6 Å². The van der Waals surface area contributed by atoms with Crippen LogP contribution in [0.3, 0.4) is 0 Å². The standard InChI is InChI=1S/C25H30N2O2/c1-18(15-19-7-3-2-4-8-19)26-17-22-9-5-6-10-23(22)27-25(28)21-12-11-20-13-14-29-24(20)16-21/h5-6,9-14,16,18-19,26H,2-4,7-8,15,17H2,1H3,(H,27,28)/t18-/m0/s1. The number of amides is 1. The van der Waals surface area contributed by atoms with Gasteiger partial charge < -0.3 is 15.1 Å². The maximum atomic E-state index is 12.8. The first-order valence-corrected chi connectivity index (χ1v) is 10.8. The van der Waals surface area contributed by atoms with Crippen molar-refractivity contribution in [2.75, 3.05) is 5.32 Å². The van der Waals surface area contributed by atoms with Crippen molar-refractivity contribution in [3.05, 3.63) is 65.9 Å². The summed E-state index contributed by atoms with van der Waals surface area (Å²) in [5.74, 6) is 0.740. The molecule has 1 aromatic heterocycles. The molecule has 152 valence electrons. The average molecular weight is 391 g/mol. The number of fused-ring (bicyclic) bond motifs is 1. The number of benzene rings is 2. The second-order valence-corrected chi connectivity index (χ2v) is 8.31. The van der Waals surface area contributed by atoms with Gasteiger partial charge in [0, 0.05) is 29.2 Å². The molecule has 0 unspecified atom stereocenters. The highest BCUT2D eigenvalue weighted by molar-refractivity contribution is 6.06. The van der Waals surface area contributed by atoms with Crippen LogP contribution in [-0.2, 0) is 6.54 Å². The Labute approximate surface area is 172 Å². The van der Waals surface area contributed by atoms with Crippen LogP contribution in [-0.4, -0.2) is 11.9 Å². The lowest BCUT2D eigenvalue weighted by molar-refractivity contribution is 0.102. The monoisotopic (exact) mass is 390 g/mol. The molecule has 4 heteroatoms. The Bertz CT molecular complexity index is 956. The lowest BCUT2D eigenvalue weighted by Crippen LogP contribution is -2.29. The fourth-order valence-corrected chi connectivity index (χ4v) is 4.38. The summed E-state index contributed by atoms with van der Waals surface area (Å²) in [6.45, 7) is 3.02. The van der Waals surface area contributed by atoms with Gasteiger partial charge in [-0.2, -0.15) is 0 Å². The number of furan rings is 1. The fourth-order valence-electron chi connectivity index (χ4n) is 4.38. The first-order valence-electron chi connectivity index (χ1n) is 10.8. The van der Waals surface area contributed by atoms with Gasteiger partial charge in [0.25, 0.3) is 5.91 Å². The highest BCUT2D eigenvalue weighted by Crippen LogP contribution is 2.27. The van der Waals surface area contributed by atoms with Crippen molar-refractivity contribution in [1.82, 2.24) is 5.32 Å². The Morgan fingerprint density at radius 2 is 1.93 bits per heavy atom. The smallest absolute Gasteiger partial charge is 0.255 e. The molecule has 1 atom stereocenters. The van der Waals surface area contributed by atoms with Crippen LogP contribution in [0.4, 0.5) is 5.69 Å². The van der Waals surface area contributed by atoms with Gasteiger partial charge in [-0.05, 0) is 49.1 Å². The summed E-state index contributed by atoms with van der Waals surface area (Å²) in [6, 6.07) is 15.9. The Morgan fingerprint density at radius 3 is 2.79 bits per heavy atom.